The van der Waals surface area contributed by atoms with Gasteiger partial charge in [-0.25, -0.2) is 4.98 Å². The lowest BCUT2D eigenvalue weighted by atomic mass is 9.99. The summed E-state index contributed by atoms with van der Waals surface area (Å²) < 4.78 is 4.41. The van der Waals surface area contributed by atoms with Crippen molar-refractivity contribution in [3.63, 3.8) is 0 Å². The number of carbonyl (C=O) groups excluding carboxylic acids is 1. The number of rotatable bonds is 3. The number of carbonyl (C=O) groups is 1. The van der Waals surface area contributed by atoms with Crippen LogP contribution in [0.5, 0.6) is 0 Å². The van der Waals surface area contributed by atoms with Crippen LogP contribution in [0, 0.1) is 0 Å². The number of hydrogen-bond donors (Lipinski definition) is 1. The maximum absolute atomic E-state index is 13.2. The molecule has 6 heteroatoms. The molecule has 2 aromatic carbocycles. The average molecular weight is 416 g/mol. The number of para-hydroxylation sites is 1. The van der Waals surface area contributed by atoms with E-state index in [4.69, 9.17) is 10.7 Å². The van der Waals surface area contributed by atoms with Crippen LogP contribution in [0.25, 0.3) is 33.5 Å². The number of imidazole rings is 1. The van der Waals surface area contributed by atoms with Crippen molar-refractivity contribution in [3.8, 4) is 11.5 Å². The Labute approximate surface area is 182 Å². The average Bonchev–Trinajstić information content (AvgIpc) is 3.31. The molecule has 1 aliphatic rings. The summed E-state index contributed by atoms with van der Waals surface area (Å²) in [6.07, 6.45) is 1.92. The van der Waals surface area contributed by atoms with Gasteiger partial charge in [0, 0.05) is 48.7 Å². The molecule has 2 aromatic heterocycles. The summed E-state index contributed by atoms with van der Waals surface area (Å²) in [5.74, 6) is 0.949. The number of amides is 1. The quantitative estimate of drug-likeness (QED) is 0.546. The van der Waals surface area contributed by atoms with Crippen molar-refractivity contribution in [1.82, 2.24) is 19.0 Å². The van der Waals surface area contributed by atoms with Gasteiger partial charge in [0.25, 0.3) is 5.91 Å². The summed E-state index contributed by atoms with van der Waals surface area (Å²) in [6.45, 7) is 5.73. The summed E-state index contributed by atoms with van der Waals surface area (Å²) in [5, 5.41) is 1.21. The molecule has 2 atom stereocenters. The molecule has 2 N–H and O–H groups in total. The molecule has 5 rings (SSSR count). The molecule has 31 heavy (non-hydrogen) atoms. The predicted octanol–water partition coefficient (Wildman–Crippen LogP) is 4.17. The molecule has 0 bridgehead atoms. The van der Waals surface area contributed by atoms with Crippen molar-refractivity contribution < 1.29 is 4.79 Å². The van der Waals surface area contributed by atoms with Gasteiger partial charge in [-0.15, -0.1) is 0 Å². The zero-order valence-electron chi connectivity index (χ0n) is 18.4. The van der Waals surface area contributed by atoms with Crippen LogP contribution in [-0.4, -0.2) is 43.6 Å². The lowest BCUT2D eigenvalue weighted by molar-refractivity contribution is 0.0613. The van der Waals surface area contributed by atoms with Gasteiger partial charge in [-0.3, -0.25) is 4.79 Å². The number of nitrogens with two attached hydrogens (primary N) is 1. The van der Waals surface area contributed by atoms with Gasteiger partial charge < -0.3 is 19.8 Å². The number of hydrogen-bond acceptors (Lipinski definition) is 3. The van der Waals surface area contributed by atoms with Crippen LogP contribution >= 0.6 is 0 Å². The molecular weight excluding hydrogens is 386 g/mol. The van der Waals surface area contributed by atoms with Crippen molar-refractivity contribution in [3.05, 3.63) is 54.1 Å². The van der Waals surface area contributed by atoms with Gasteiger partial charge in [-0.1, -0.05) is 18.2 Å². The Hall–Kier alpha value is -3.12. The first-order valence-corrected chi connectivity index (χ1v) is 11.1. The van der Waals surface area contributed by atoms with Gasteiger partial charge in [0.15, 0.2) is 5.82 Å². The van der Waals surface area contributed by atoms with Crippen LogP contribution in [0.4, 0.5) is 0 Å². The Bertz CT molecular complexity index is 1280. The Morgan fingerprint density at radius 3 is 2.74 bits per heavy atom. The minimum absolute atomic E-state index is 0.0411. The molecular formula is C25H29N5O. The molecule has 4 aromatic rings. The number of aromatic nitrogens is 3. The largest absolute Gasteiger partial charge is 0.338 e. The molecule has 1 aliphatic heterocycles. The first-order valence-electron chi connectivity index (χ1n) is 11.1. The van der Waals surface area contributed by atoms with Crippen LogP contribution < -0.4 is 5.73 Å². The molecule has 0 radical (unpaired) electrons. The summed E-state index contributed by atoms with van der Waals surface area (Å²) in [5.41, 5.74) is 11.0. The maximum Gasteiger partial charge on any atom is 0.254 e. The number of benzene rings is 2. The lowest BCUT2D eigenvalue weighted by Gasteiger charge is -2.36. The SMILES string of the molecule is CCn1c(-c2nc3cc(C(=O)N4C[C@H](N)CC[C@@H]4C)ccc3n2C)cc2ccccc21. The third kappa shape index (κ3) is 3.22. The number of piperidine rings is 1. The Morgan fingerprint density at radius 1 is 1.13 bits per heavy atom. The Morgan fingerprint density at radius 2 is 1.94 bits per heavy atom. The zero-order chi connectivity index (χ0) is 21.7. The molecule has 1 amide bonds. The molecule has 0 saturated carbocycles. The summed E-state index contributed by atoms with van der Waals surface area (Å²) >= 11 is 0. The first kappa shape index (κ1) is 19.8. The topological polar surface area (TPSA) is 69.1 Å². The van der Waals surface area contributed by atoms with E-state index in [1.54, 1.807) is 0 Å². The highest BCUT2D eigenvalue weighted by atomic mass is 16.2. The van der Waals surface area contributed by atoms with Crippen molar-refractivity contribution in [2.45, 2.75) is 45.3 Å². The van der Waals surface area contributed by atoms with E-state index in [-0.39, 0.29) is 18.0 Å². The lowest BCUT2D eigenvalue weighted by Crippen LogP contribution is -2.50. The minimum atomic E-state index is 0.0411. The third-order valence-electron chi connectivity index (χ3n) is 6.66. The molecule has 6 nitrogen and oxygen atoms in total. The summed E-state index contributed by atoms with van der Waals surface area (Å²) in [6, 6.07) is 16.7. The number of nitrogens with zero attached hydrogens (tertiary/aromatic N) is 4. The molecule has 0 aliphatic carbocycles. The molecule has 0 unspecified atom stereocenters. The van der Waals surface area contributed by atoms with Crippen molar-refractivity contribution in [2.75, 3.05) is 6.54 Å². The van der Waals surface area contributed by atoms with Crippen LogP contribution in [0.1, 0.15) is 37.0 Å². The second-order valence-electron chi connectivity index (χ2n) is 8.67. The zero-order valence-corrected chi connectivity index (χ0v) is 18.4. The van der Waals surface area contributed by atoms with E-state index >= 15 is 0 Å². The predicted molar refractivity (Wildman–Crippen MR) is 125 cm³/mol. The van der Waals surface area contributed by atoms with Crippen LogP contribution in [0.2, 0.25) is 0 Å². The van der Waals surface area contributed by atoms with Crippen LogP contribution in [0.3, 0.4) is 0 Å². The fourth-order valence-electron chi connectivity index (χ4n) is 4.88. The fraction of sp³-hybridized carbons (Fsp3) is 0.360. The highest BCUT2D eigenvalue weighted by Crippen LogP contribution is 2.30. The monoisotopic (exact) mass is 415 g/mol. The van der Waals surface area contributed by atoms with Gasteiger partial charge in [0.05, 0.1) is 16.7 Å². The van der Waals surface area contributed by atoms with Crippen molar-refractivity contribution in [2.24, 2.45) is 12.8 Å². The smallest absolute Gasteiger partial charge is 0.254 e. The van der Waals surface area contributed by atoms with E-state index in [1.165, 1.54) is 10.9 Å². The normalized spacial score (nSPS) is 19.4. The van der Waals surface area contributed by atoms with Crippen LogP contribution in [0.15, 0.2) is 48.5 Å². The van der Waals surface area contributed by atoms with E-state index in [0.717, 1.165) is 41.9 Å². The van der Waals surface area contributed by atoms with Gasteiger partial charge in [0.1, 0.15) is 0 Å². The van der Waals surface area contributed by atoms with E-state index in [2.05, 4.69) is 53.3 Å². The summed E-state index contributed by atoms with van der Waals surface area (Å²) in [7, 11) is 2.04. The van der Waals surface area contributed by atoms with E-state index < -0.39 is 0 Å². The molecule has 0 spiro atoms. The molecule has 1 fully saturated rings. The second-order valence-corrected chi connectivity index (χ2v) is 8.67. The molecule has 1 saturated heterocycles. The summed E-state index contributed by atoms with van der Waals surface area (Å²) in [4.78, 5) is 20.1. The number of likely N-dealkylation sites (tertiary alicyclic amines) is 1. The van der Waals surface area contributed by atoms with E-state index in [0.29, 0.717) is 12.1 Å². The van der Waals surface area contributed by atoms with Gasteiger partial charge >= 0.3 is 0 Å². The third-order valence-corrected chi connectivity index (χ3v) is 6.66. The van der Waals surface area contributed by atoms with E-state index in [9.17, 15) is 4.79 Å². The van der Waals surface area contributed by atoms with Gasteiger partial charge in [-0.2, -0.15) is 0 Å². The number of aryl methyl sites for hydroxylation is 2. The van der Waals surface area contributed by atoms with Crippen molar-refractivity contribution in [1.29, 1.82) is 0 Å². The highest BCUT2D eigenvalue weighted by molar-refractivity contribution is 5.98. The Balaban J connectivity index is 1.57. The molecule has 160 valence electrons. The number of fused-ring (bicyclic) bond motifs is 2. The van der Waals surface area contributed by atoms with Gasteiger partial charge in [0.2, 0.25) is 0 Å². The van der Waals surface area contributed by atoms with Gasteiger partial charge in [-0.05, 0) is 57.0 Å². The first-order chi connectivity index (χ1) is 15.0. The van der Waals surface area contributed by atoms with Crippen LogP contribution in [-0.2, 0) is 13.6 Å². The van der Waals surface area contributed by atoms with E-state index in [1.807, 2.05) is 30.1 Å². The second kappa shape index (κ2) is 7.54. The minimum Gasteiger partial charge on any atom is -0.338 e. The Kier molecular flexibility index (Phi) is 4.82. The molecule has 3 heterocycles. The van der Waals surface area contributed by atoms with Crippen molar-refractivity contribution >= 4 is 27.8 Å². The standard InChI is InChI=1S/C25H29N5O/c1-4-29-21-8-6-5-7-17(21)14-23(29)24-27-20-13-18(10-12-22(20)28(24)3)25(31)30-15-19(26)11-9-16(30)2/h5-8,10,12-14,16,19H,4,9,11,15,26H2,1-3H3/t16-,19+/m0/s1. The highest BCUT2D eigenvalue weighted by Gasteiger charge is 2.28. The maximum atomic E-state index is 13.2. The fourth-order valence-corrected chi connectivity index (χ4v) is 4.88.